The van der Waals surface area contributed by atoms with Gasteiger partial charge in [-0.2, -0.15) is 5.10 Å². The Hall–Kier alpha value is -3.88. The van der Waals surface area contributed by atoms with Gasteiger partial charge in [0.05, 0.1) is 11.1 Å². The molecule has 9 heteroatoms. The lowest BCUT2D eigenvalue weighted by molar-refractivity contribution is -0.384. The second kappa shape index (κ2) is 7.79. The minimum atomic E-state index is -0.476. The van der Waals surface area contributed by atoms with Gasteiger partial charge in [-0.15, -0.1) is 10.2 Å². The number of aromatic amines is 1. The number of aromatic nitrogens is 3. The number of nitro benzene ring substituents is 1. The Balaban J connectivity index is 1.64. The van der Waals surface area contributed by atoms with Crippen molar-refractivity contribution in [3.05, 3.63) is 91.9 Å². The third kappa shape index (κ3) is 4.35. The highest BCUT2D eigenvalue weighted by atomic mass is 16.6. The lowest BCUT2D eigenvalue weighted by Gasteiger charge is -2.01. The smallest absolute Gasteiger partial charge is 0.274 e. The first-order chi connectivity index (χ1) is 12.6. The molecule has 0 unspecified atom stereocenters. The normalized spacial score (nSPS) is 10.8. The molecule has 9 nitrogen and oxygen atoms in total. The minimum Gasteiger partial charge on any atom is -0.288 e. The summed E-state index contributed by atoms with van der Waals surface area (Å²) in [6, 6.07) is 15.3. The molecule has 2 N–H and O–H groups in total. The lowest BCUT2D eigenvalue weighted by atomic mass is 10.1. The van der Waals surface area contributed by atoms with E-state index < -0.39 is 4.92 Å². The number of hydrazone groups is 1. The standard InChI is InChI=1S/C17H14N6O3/c24-16-15(10-12-4-2-1-3-5-12)20-22-17(19-16)21-18-11-13-6-8-14(9-7-13)23(25)26/h1-9,11H,10H2,(H2,19,21,22,24). The Kier molecular flexibility index (Phi) is 5.08. The quantitative estimate of drug-likeness (QED) is 0.398. The van der Waals surface area contributed by atoms with Crippen LogP contribution in [0.25, 0.3) is 0 Å². The monoisotopic (exact) mass is 350 g/mol. The Morgan fingerprint density at radius 2 is 1.85 bits per heavy atom. The molecule has 1 aromatic heterocycles. The molecule has 0 amide bonds. The molecular weight excluding hydrogens is 336 g/mol. The molecule has 0 aliphatic rings. The molecule has 0 aliphatic carbocycles. The second-order valence-corrected chi connectivity index (χ2v) is 5.33. The minimum absolute atomic E-state index is 0.000638. The highest BCUT2D eigenvalue weighted by Crippen LogP contribution is 2.10. The van der Waals surface area contributed by atoms with Crippen molar-refractivity contribution in [1.29, 1.82) is 0 Å². The number of nitrogens with one attached hydrogen (secondary N) is 2. The van der Waals surface area contributed by atoms with Crippen LogP contribution in [0.3, 0.4) is 0 Å². The summed E-state index contributed by atoms with van der Waals surface area (Å²) in [6.45, 7) is 0. The van der Waals surface area contributed by atoms with Crippen molar-refractivity contribution in [2.24, 2.45) is 5.10 Å². The van der Waals surface area contributed by atoms with Gasteiger partial charge >= 0.3 is 0 Å². The van der Waals surface area contributed by atoms with E-state index in [4.69, 9.17) is 0 Å². The van der Waals surface area contributed by atoms with Crippen LogP contribution in [-0.2, 0) is 6.42 Å². The molecule has 0 aliphatic heterocycles. The second-order valence-electron chi connectivity index (χ2n) is 5.33. The fourth-order valence-electron chi connectivity index (χ4n) is 2.17. The summed E-state index contributed by atoms with van der Waals surface area (Å²) in [7, 11) is 0. The van der Waals surface area contributed by atoms with Gasteiger partial charge in [-0.05, 0) is 23.3 Å². The molecule has 3 aromatic rings. The zero-order chi connectivity index (χ0) is 18.4. The van der Waals surface area contributed by atoms with E-state index in [1.165, 1.54) is 18.3 Å². The van der Waals surface area contributed by atoms with Crippen LogP contribution in [0, 0.1) is 10.1 Å². The maximum atomic E-state index is 12.1. The molecule has 0 atom stereocenters. The summed E-state index contributed by atoms with van der Waals surface area (Å²) in [5, 5.41) is 22.3. The number of hydrogen-bond donors (Lipinski definition) is 2. The number of rotatable bonds is 6. The van der Waals surface area contributed by atoms with E-state index in [0.717, 1.165) is 5.56 Å². The van der Waals surface area contributed by atoms with Gasteiger partial charge in [-0.3, -0.25) is 19.9 Å². The molecule has 0 saturated heterocycles. The van der Waals surface area contributed by atoms with E-state index in [0.29, 0.717) is 17.7 Å². The van der Waals surface area contributed by atoms with Crippen LogP contribution in [0.1, 0.15) is 16.8 Å². The zero-order valence-corrected chi connectivity index (χ0v) is 13.5. The summed E-state index contributed by atoms with van der Waals surface area (Å²) in [5.74, 6) is 0.102. The van der Waals surface area contributed by atoms with Crippen molar-refractivity contribution in [1.82, 2.24) is 15.2 Å². The van der Waals surface area contributed by atoms with Crippen LogP contribution < -0.4 is 11.0 Å². The number of non-ortho nitro benzene ring substituents is 1. The van der Waals surface area contributed by atoms with Crippen LogP contribution in [0.2, 0.25) is 0 Å². The summed E-state index contributed by atoms with van der Waals surface area (Å²) < 4.78 is 0. The van der Waals surface area contributed by atoms with Crippen molar-refractivity contribution >= 4 is 17.9 Å². The number of benzene rings is 2. The third-order valence-electron chi connectivity index (χ3n) is 3.47. The van der Waals surface area contributed by atoms with Gasteiger partial charge in [-0.1, -0.05) is 30.3 Å². The van der Waals surface area contributed by atoms with Crippen LogP contribution in [0.15, 0.2) is 64.5 Å². The van der Waals surface area contributed by atoms with E-state index >= 15 is 0 Å². The highest BCUT2D eigenvalue weighted by molar-refractivity contribution is 5.80. The average Bonchev–Trinajstić information content (AvgIpc) is 2.65. The molecule has 0 radical (unpaired) electrons. The van der Waals surface area contributed by atoms with Gasteiger partial charge < -0.3 is 0 Å². The Morgan fingerprint density at radius 1 is 1.12 bits per heavy atom. The summed E-state index contributed by atoms with van der Waals surface area (Å²) in [5.41, 5.74) is 4.14. The number of nitro groups is 1. The first kappa shape index (κ1) is 17.0. The summed E-state index contributed by atoms with van der Waals surface area (Å²) in [4.78, 5) is 24.7. The van der Waals surface area contributed by atoms with Crippen molar-refractivity contribution in [2.75, 3.05) is 5.43 Å². The predicted octanol–water partition coefficient (Wildman–Crippen LogP) is 2.11. The zero-order valence-electron chi connectivity index (χ0n) is 13.5. The topological polar surface area (TPSA) is 126 Å². The van der Waals surface area contributed by atoms with Gasteiger partial charge in [0.2, 0.25) is 5.95 Å². The van der Waals surface area contributed by atoms with Crippen LogP contribution in [0.4, 0.5) is 11.6 Å². The van der Waals surface area contributed by atoms with Crippen molar-refractivity contribution in [3.63, 3.8) is 0 Å². The molecule has 0 fully saturated rings. The maximum absolute atomic E-state index is 12.1. The number of nitrogens with zero attached hydrogens (tertiary/aromatic N) is 4. The molecule has 2 aromatic carbocycles. The summed E-state index contributed by atoms with van der Waals surface area (Å²) in [6.07, 6.45) is 1.83. The molecule has 3 rings (SSSR count). The molecule has 130 valence electrons. The maximum Gasteiger partial charge on any atom is 0.274 e. The first-order valence-corrected chi connectivity index (χ1v) is 7.65. The van der Waals surface area contributed by atoms with Gasteiger partial charge in [0.1, 0.15) is 5.69 Å². The molecule has 1 heterocycles. The lowest BCUT2D eigenvalue weighted by Crippen LogP contribution is -2.18. The van der Waals surface area contributed by atoms with Gasteiger partial charge in [0.25, 0.3) is 11.2 Å². The van der Waals surface area contributed by atoms with Crippen molar-refractivity contribution < 1.29 is 4.92 Å². The Morgan fingerprint density at radius 3 is 2.50 bits per heavy atom. The molecular formula is C17H14N6O3. The SMILES string of the molecule is O=c1[nH]c(NN=Cc2ccc([N+](=O)[O-])cc2)nnc1Cc1ccccc1. The van der Waals surface area contributed by atoms with E-state index in [1.807, 2.05) is 30.3 Å². The van der Waals surface area contributed by atoms with E-state index in [9.17, 15) is 14.9 Å². The van der Waals surface area contributed by atoms with Crippen LogP contribution in [0.5, 0.6) is 0 Å². The van der Waals surface area contributed by atoms with E-state index in [2.05, 4.69) is 25.7 Å². The molecule has 0 bridgehead atoms. The number of H-pyrrole nitrogens is 1. The fourth-order valence-corrected chi connectivity index (χ4v) is 2.17. The summed E-state index contributed by atoms with van der Waals surface area (Å²) >= 11 is 0. The van der Waals surface area contributed by atoms with E-state index in [-0.39, 0.29) is 17.2 Å². The van der Waals surface area contributed by atoms with Gasteiger partial charge in [-0.25, -0.2) is 5.43 Å². The van der Waals surface area contributed by atoms with Gasteiger partial charge in [0.15, 0.2) is 0 Å². The third-order valence-corrected chi connectivity index (χ3v) is 3.47. The van der Waals surface area contributed by atoms with Gasteiger partial charge in [0, 0.05) is 18.6 Å². The first-order valence-electron chi connectivity index (χ1n) is 7.65. The number of hydrogen-bond acceptors (Lipinski definition) is 7. The van der Waals surface area contributed by atoms with Crippen molar-refractivity contribution in [2.45, 2.75) is 6.42 Å². The molecule has 0 saturated carbocycles. The van der Waals surface area contributed by atoms with Crippen LogP contribution >= 0.6 is 0 Å². The fraction of sp³-hybridized carbons (Fsp3) is 0.0588. The molecule has 26 heavy (non-hydrogen) atoms. The number of anilines is 1. The average molecular weight is 350 g/mol. The predicted molar refractivity (Wildman–Crippen MR) is 96.2 cm³/mol. The van der Waals surface area contributed by atoms with Crippen molar-refractivity contribution in [3.8, 4) is 0 Å². The van der Waals surface area contributed by atoms with Crippen LogP contribution in [-0.4, -0.2) is 26.3 Å². The Bertz CT molecular complexity index is 983. The molecule has 0 spiro atoms. The Labute approximate surface area is 147 Å². The largest absolute Gasteiger partial charge is 0.288 e. The van der Waals surface area contributed by atoms with E-state index in [1.54, 1.807) is 12.1 Å². The highest BCUT2D eigenvalue weighted by Gasteiger charge is 2.06.